The molecule has 10 heteroatoms. The fraction of sp³-hybridized carbons (Fsp3) is 0.500. The first-order valence-corrected chi connectivity index (χ1v) is 15.4. The van der Waals surface area contributed by atoms with Crippen molar-refractivity contribution in [1.82, 2.24) is 9.62 Å². The molecule has 4 rings (SSSR count). The van der Waals surface area contributed by atoms with Crippen LogP contribution in [0.25, 0.3) is 0 Å². The minimum atomic E-state index is -3.64. The minimum Gasteiger partial charge on any atom is -0.481 e. The number of benzene rings is 2. The van der Waals surface area contributed by atoms with Crippen LogP contribution in [-0.2, 0) is 25.2 Å². The summed E-state index contributed by atoms with van der Waals surface area (Å²) in [5.74, 6) is -1.61. The molecule has 2 N–H and O–H groups in total. The van der Waals surface area contributed by atoms with Crippen LogP contribution in [-0.4, -0.2) is 48.5 Å². The molecule has 1 amide bonds. The van der Waals surface area contributed by atoms with Crippen LogP contribution < -0.4 is 5.32 Å². The first-order valence-electron chi connectivity index (χ1n) is 12.8. The summed E-state index contributed by atoms with van der Waals surface area (Å²) in [5.41, 5.74) is -0.335. The van der Waals surface area contributed by atoms with Crippen molar-refractivity contribution in [3.05, 3.63) is 69.7 Å². The number of hydrogen-bond donors (Lipinski definition) is 2. The van der Waals surface area contributed by atoms with Crippen molar-refractivity contribution in [3.63, 3.8) is 0 Å². The zero-order valence-electron chi connectivity index (χ0n) is 21.8. The summed E-state index contributed by atoms with van der Waals surface area (Å²) in [4.78, 5) is 25.1. The smallest absolute Gasteiger partial charge is 0.304 e. The second-order valence-electron chi connectivity index (χ2n) is 10.9. The molecule has 2 aliphatic rings. The fourth-order valence-corrected chi connectivity index (χ4v) is 8.06. The van der Waals surface area contributed by atoms with E-state index in [-0.39, 0.29) is 30.7 Å². The van der Waals surface area contributed by atoms with Crippen LogP contribution in [0.2, 0.25) is 10.0 Å². The van der Waals surface area contributed by atoms with E-state index in [9.17, 15) is 23.1 Å². The zero-order chi connectivity index (χ0) is 27.9. The molecule has 1 saturated carbocycles. The summed E-state index contributed by atoms with van der Waals surface area (Å²) in [5, 5.41) is 13.8. The number of hydrogen-bond acceptors (Lipinski definition) is 4. The lowest BCUT2D eigenvalue weighted by Crippen LogP contribution is -2.59. The molecule has 206 valence electrons. The molecule has 1 heterocycles. The van der Waals surface area contributed by atoms with Gasteiger partial charge in [0.25, 0.3) is 0 Å². The van der Waals surface area contributed by atoms with Crippen LogP contribution in [0.1, 0.15) is 63.0 Å². The summed E-state index contributed by atoms with van der Waals surface area (Å²) in [6, 6.07) is 14.2. The van der Waals surface area contributed by atoms with Crippen molar-refractivity contribution < 1.29 is 23.1 Å². The number of nitrogens with one attached hydrogen (secondary N) is 1. The van der Waals surface area contributed by atoms with E-state index in [1.165, 1.54) is 6.26 Å². The first-order chi connectivity index (χ1) is 17.8. The molecule has 7 nitrogen and oxygen atoms in total. The normalized spacial score (nSPS) is 25.6. The Bertz CT molecular complexity index is 1310. The van der Waals surface area contributed by atoms with Crippen LogP contribution in [0, 0.1) is 11.3 Å². The third kappa shape index (κ3) is 5.74. The number of piperidine rings is 1. The van der Waals surface area contributed by atoms with Gasteiger partial charge in [-0.25, -0.2) is 8.42 Å². The number of carboxylic acids is 1. The molecule has 1 aliphatic heterocycles. The van der Waals surface area contributed by atoms with E-state index in [1.54, 1.807) is 29.4 Å². The average Bonchev–Trinajstić information content (AvgIpc) is 3.66. The Morgan fingerprint density at radius 1 is 1.16 bits per heavy atom. The summed E-state index contributed by atoms with van der Waals surface area (Å²) < 4.78 is 28.0. The molecule has 2 aromatic rings. The number of carbonyl (C=O) groups is 2. The van der Waals surface area contributed by atoms with Crippen molar-refractivity contribution >= 4 is 45.1 Å². The van der Waals surface area contributed by atoms with Crippen LogP contribution in [0.4, 0.5) is 0 Å². The lowest BCUT2D eigenvalue weighted by Gasteiger charge is -2.49. The Morgan fingerprint density at radius 3 is 2.34 bits per heavy atom. The molecule has 38 heavy (non-hydrogen) atoms. The third-order valence-electron chi connectivity index (χ3n) is 8.10. The van der Waals surface area contributed by atoms with Crippen molar-refractivity contribution in [2.24, 2.45) is 11.3 Å². The van der Waals surface area contributed by atoms with Gasteiger partial charge < -0.3 is 10.4 Å². The third-order valence-corrected chi connectivity index (χ3v) is 9.97. The Kier molecular flexibility index (Phi) is 8.20. The van der Waals surface area contributed by atoms with E-state index in [2.05, 4.69) is 5.32 Å². The Hall–Kier alpha value is -2.13. The number of sulfonamides is 1. The average molecular weight is 582 g/mol. The molecule has 0 aromatic heterocycles. The van der Waals surface area contributed by atoms with Crippen LogP contribution in [0.15, 0.2) is 48.5 Å². The number of carboxylic acid groups (broad SMARTS) is 1. The van der Waals surface area contributed by atoms with E-state index in [4.69, 9.17) is 23.2 Å². The van der Waals surface area contributed by atoms with Gasteiger partial charge in [0.05, 0.1) is 23.6 Å². The lowest BCUT2D eigenvalue weighted by atomic mass is 9.66. The van der Waals surface area contributed by atoms with Gasteiger partial charge in [-0.15, -0.1) is 0 Å². The first kappa shape index (κ1) is 28.9. The summed E-state index contributed by atoms with van der Waals surface area (Å²) in [6.45, 7) is 3.76. The Morgan fingerprint density at radius 2 is 1.82 bits per heavy atom. The predicted octanol–water partition coefficient (Wildman–Crippen LogP) is 5.42. The molecule has 2 fully saturated rings. The van der Waals surface area contributed by atoms with Gasteiger partial charge in [-0.2, -0.15) is 4.31 Å². The van der Waals surface area contributed by atoms with Crippen molar-refractivity contribution in [2.45, 2.75) is 63.5 Å². The molecule has 0 radical (unpaired) electrons. The maximum Gasteiger partial charge on any atom is 0.304 e. The highest BCUT2D eigenvalue weighted by Crippen LogP contribution is 2.55. The standard InChI is InChI=1S/C28H34Cl2N2O5S/c1-4-32(38(3,36)37)28(19-8-9-19,20-10-12-21(29)13-11-20)16-24-23(18-6-5-7-22(30)14-18)15-27(2,17-25(33)34)26(35)31-24/h5-7,10-14,19,23-24H,4,8-9,15-17H2,1-3H3,(H,31,35)(H,33,34)/t23-,24+,27+,28+/m1/s1. The number of aliphatic carboxylic acids is 1. The maximum atomic E-state index is 13.4. The van der Waals surface area contributed by atoms with Gasteiger partial charge in [0, 0.05) is 28.5 Å². The van der Waals surface area contributed by atoms with Crippen molar-refractivity contribution in [1.29, 1.82) is 0 Å². The van der Waals surface area contributed by atoms with Crippen molar-refractivity contribution in [2.75, 3.05) is 12.8 Å². The van der Waals surface area contributed by atoms with E-state index in [1.807, 2.05) is 37.3 Å². The Balaban J connectivity index is 1.87. The maximum absolute atomic E-state index is 13.4. The van der Waals surface area contributed by atoms with E-state index < -0.39 is 33.0 Å². The largest absolute Gasteiger partial charge is 0.481 e. The second kappa shape index (κ2) is 10.8. The SMILES string of the molecule is CCN([C@](C[C@@H]1NC(=O)[C@](C)(CC(=O)O)C[C@@H]1c1cccc(Cl)c1)(c1ccc(Cl)cc1)C1CC1)S(C)(=O)=O. The summed E-state index contributed by atoms with van der Waals surface area (Å²) in [7, 11) is -3.64. The monoisotopic (exact) mass is 580 g/mol. The van der Waals surface area contributed by atoms with Gasteiger partial charge in [0.2, 0.25) is 15.9 Å². The molecule has 4 atom stereocenters. The zero-order valence-corrected chi connectivity index (χ0v) is 24.1. The number of rotatable bonds is 10. The van der Waals surface area contributed by atoms with E-state index in [0.29, 0.717) is 22.9 Å². The molecule has 0 bridgehead atoms. The van der Waals surface area contributed by atoms with Gasteiger partial charge in [-0.3, -0.25) is 9.59 Å². The highest BCUT2D eigenvalue weighted by atomic mass is 35.5. The fourth-order valence-electron chi connectivity index (χ4n) is 6.35. The summed E-state index contributed by atoms with van der Waals surface area (Å²) >= 11 is 12.6. The molecule has 1 aliphatic carbocycles. The number of carbonyl (C=O) groups excluding carboxylic acids is 1. The molecular weight excluding hydrogens is 547 g/mol. The topological polar surface area (TPSA) is 104 Å². The van der Waals surface area contributed by atoms with Crippen molar-refractivity contribution in [3.8, 4) is 0 Å². The summed E-state index contributed by atoms with van der Waals surface area (Å²) in [6.07, 6.45) is 3.25. The number of amides is 1. The van der Waals surface area contributed by atoms with Gasteiger partial charge >= 0.3 is 5.97 Å². The second-order valence-corrected chi connectivity index (χ2v) is 13.7. The Labute approximate surface area is 234 Å². The molecule has 0 spiro atoms. The van der Waals surface area contributed by atoms with E-state index >= 15 is 0 Å². The molecule has 1 saturated heterocycles. The van der Waals surface area contributed by atoms with Gasteiger partial charge in [0.1, 0.15) is 0 Å². The highest BCUT2D eigenvalue weighted by molar-refractivity contribution is 7.88. The van der Waals surface area contributed by atoms with E-state index in [0.717, 1.165) is 24.0 Å². The van der Waals surface area contributed by atoms with Gasteiger partial charge in [-0.05, 0) is 67.0 Å². The van der Waals surface area contributed by atoms with Crippen LogP contribution >= 0.6 is 23.2 Å². The van der Waals surface area contributed by atoms with Gasteiger partial charge in [-0.1, -0.05) is 61.3 Å². The highest BCUT2D eigenvalue weighted by Gasteiger charge is 2.56. The molecule has 0 unspecified atom stereocenters. The number of nitrogens with zero attached hydrogens (tertiary/aromatic N) is 1. The molecular formula is C28H34Cl2N2O5S. The minimum absolute atomic E-state index is 0.0580. The van der Waals surface area contributed by atoms with Gasteiger partial charge in [0.15, 0.2) is 0 Å². The van der Waals surface area contributed by atoms with Crippen LogP contribution in [0.5, 0.6) is 0 Å². The van der Waals surface area contributed by atoms with Crippen LogP contribution in [0.3, 0.4) is 0 Å². The number of halogens is 2. The lowest BCUT2D eigenvalue weighted by molar-refractivity contribution is -0.147. The molecule has 2 aromatic carbocycles. The quantitative estimate of drug-likeness (QED) is 0.390. The predicted molar refractivity (Wildman–Crippen MR) is 149 cm³/mol.